The van der Waals surface area contributed by atoms with E-state index in [1.54, 1.807) is 18.2 Å². The van der Waals surface area contributed by atoms with Crippen LogP contribution in [0.15, 0.2) is 36.5 Å². The lowest BCUT2D eigenvalue weighted by molar-refractivity contribution is -0.138. The number of aromatic amines is 1. The van der Waals surface area contributed by atoms with Crippen molar-refractivity contribution in [2.45, 2.75) is 19.5 Å². The van der Waals surface area contributed by atoms with Crippen LogP contribution in [0.3, 0.4) is 0 Å². The SMILES string of the molecule is Cc1ccc(-c2nccc(-c3cc4c([nH]3)CCNC4=O)n2)cc1C(F)(F)F. The second kappa shape index (κ2) is 6.22. The van der Waals surface area contributed by atoms with Crippen molar-refractivity contribution in [2.24, 2.45) is 0 Å². The van der Waals surface area contributed by atoms with Gasteiger partial charge in [0.25, 0.3) is 5.91 Å². The fraction of sp³-hybridized carbons (Fsp3) is 0.211. The number of hydrogen-bond donors (Lipinski definition) is 2. The van der Waals surface area contributed by atoms with Gasteiger partial charge in [-0.1, -0.05) is 12.1 Å². The van der Waals surface area contributed by atoms with E-state index in [1.807, 2.05) is 0 Å². The van der Waals surface area contributed by atoms with Crippen LogP contribution in [0.5, 0.6) is 0 Å². The first-order valence-electron chi connectivity index (χ1n) is 8.34. The molecule has 0 spiro atoms. The van der Waals surface area contributed by atoms with Crippen molar-refractivity contribution in [3.8, 4) is 22.8 Å². The Morgan fingerprint density at radius 3 is 2.70 bits per heavy atom. The lowest BCUT2D eigenvalue weighted by Gasteiger charge is -2.12. The molecule has 0 saturated heterocycles. The molecule has 1 aliphatic rings. The summed E-state index contributed by atoms with van der Waals surface area (Å²) in [5.41, 5.74) is 2.24. The molecule has 3 aromatic rings. The highest BCUT2D eigenvalue weighted by molar-refractivity contribution is 5.97. The molecular formula is C19H15F3N4O. The van der Waals surface area contributed by atoms with Crippen molar-refractivity contribution in [3.63, 3.8) is 0 Å². The van der Waals surface area contributed by atoms with Gasteiger partial charge in [0.15, 0.2) is 5.82 Å². The number of rotatable bonds is 2. The number of aryl methyl sites for hydroxylation is 1. The number of nitrogens with one attached hydrogen (secondary N) is 2. The molecule has 138 valence electrons. The molecule has 0 unspecified atom stereocenters. The topological polar surface area (TPSA) is 70.7 Å². The number of alkyl halides is 3. The first-order chi connectivity index (χ1) is 12.8. The summed E-state index contributed by atoms with van der Waals surface area (Å²) < 4.78 is 39.5. The molecule has 0 atom stereocenters. The number of carbonyl (C=O) groups excluding carboxylic acids is 1. The molecule has 0 saturated carbocycles. The van der Waals surface area contributed by atoms with Gasteiger partial charge in [-0.2, -0.15) is 13.2 Å². The molecule has 27 heavy (non-hydrogen) atoms. The van der Waals surface area contributed by atoms with Gasteiger partial charge < -0.3 is 10.3 Å². The molecule has 1 aromatic carbocycles. The van der Waals surface area contributed by atoms with Crippen LogP contribution in [-0.4, -0.2) is 27.4 Å². The number of nitrogens with zero attached hydrogens (tertiary/aromatic N) is 2. The van der Waals surface area contributed by atoms with E-state index in [0.29, 0.717) is 29.9 Å². The van der Waals surface area contributed by atoms with E-state index < -0.39 is 11.7 Å². The number of aromatic nitrogens is 3. The van der Waals surface area contributed by atoms with Crippen LogP contribution < -0.4 is 5.32 Å². The Kier molecular flexibility index (Phi) is 3.98. The quantitative estimate of drug-likeness (QED) is 0.720. The van der Waals surface area contributed by atoms with Crippen LogP contribution in [0.2, 0.25) is 0 Å². The van der Waals surface area contributed by atoms with Crippen molar-refractivity contribution in [1.29, 1.82) is 0 Å². The van der Waals surface area contributed by atoms with E-state index in [4.69, 9.17) is 0 Å². The second-order valence-corrected chi connectivity index (χ2v) is 6.37. The van der Waals surface area contributed by atoms with Crippen LogP contribution in [0.4, 0.5) is 13.2 Å². The molecule has 0 fully saturated rings. The van der Waals surface area contributed by atoms with Gasteiger partial charge in [0.2, 0.25) is 0 Å². The summed E-state index contributed by atoms with van der Waals surface area (Å²) in [5, 5.41) is 2.77. The Hall–Kier alpha value is -3.16. The zero-order valence-corrected chi connectivity index (χ0v) is 14.3. The first-order valence-corrected chi connectivity index (χ1v) is 8.34. The highest BCUT2D eigenvalue weighted by atomic mass is 19.4. The van der Waals surface area contributed by atoms with Crippen LogP contribution >= 0.6 is 0 Å². The number of halogens is 3. The van der Waals surface area contributed by atoms with E-state index in [9.17, 15) is 18.0 Å². The fourth-order valence-corrected chi connectivity index (χ4v) is 3.15. The minimum atomic E-state index is -4.44. The number of benzene rings is 1. The maximum absolute atomic E-state index is 13.2. The Morgan fingerprint density at radius 2 is 1.96 bits per heavy atom. The molecule has 2 aromatic heterocycles. The molecule has 1 amide bonds. The maximum Gasteiger partial charge on any atom is 0.416 e. The zero-order valence-electron chi connectivity index (χ0n) is 14.3. The molecule has 0 radical (unpaired) electrons. The van der Waals surface area contributed by atoms with Gasteiger partial charge in [-0.25, -0.2) is 9.97 Å². The molecule has 5 nitrogen and oxygen atoms in total. The third-order valence-electron chi connectivity index (χ3n) is 4.54. The van der Waals surface area contributed by atoms with Gasteiger partial charge in [0.1, 0.15) is 0 Å². The second-order valence-electron chi connectivity index (χ2n) is 6.37. The molecule has 2 N–H and O–H groups in total. The molecular weight excluding hydrogens is 357 g/mol. The summed E-state index contributed by atoms with van der Waals surface area (Å²) in [6.45, 7) is 1.97. The highest BCUT2D eigenvalue weighted by Crippen LogP contribution is 2.34. The predicted octanol–water partition coefficient (Wildman–Crippen LogP) is 3.75. The van der Waals surface area contributed by atoms with Crippen molar-refractivity contribution >= 4 is 5.91 Å². The number of hydrogen-bond acceptors (Lipinski definition) is 3. The number of H-pyrrole nitrogens is 1. The van der Waals surface area contributed by atoms with E-state index in [0.717, 1.165) is 11.8 Å². The maximum atomic E-state index is 13.2. The molecule has 1 aliphatic heterocycles. The fourth-order valence-electron chi connectivity index (χ4n) is 3.15. The summed E-state index contributed by atoms with van der Waals surface area (Å²) in [4.78, 5) is 23.6. The van der Waals surface area contributed by atoms with E-state index in [2.05, 4.69) is 20.3 Å². The first kappa shape index (κ1) is 17.3. The number of amides is 1. The predicted molar refractivity (Wildman–Crippen MR) is 93.0 cm³/mol. The van der Waals surface area contributed by atoms with Gasteiger partial charge in [0, 0.05) is 30.4 Å². The average Bonchev–Trinajstić information content (AvgIpc) is 3.07. The Labute approximate surface area is 152 Å². The minimum absolute atomic E-state index is 0.144. The summed E-state index contributed by atoms with van der Waals surface area (Å²) >= 11 is 0. The van der Waals surface area contributed by atoms with Crippen molar-refractivity contribution in [1.82, 2.24) is 20.3 Å². The molecule has 3 heterocycles. The largest absolute Gasteiger partial charge is 0.416 e. The van der Waals surface area contributed by atoms with Gasteiger partial charge in [0.05, 0.1) is 22.5 Å². The lowest BCUT2D eigenvalue weighted by Crippen LogP contribution is -2.31. The third-order valence-corrected chi connectivity index (χ3v) is 4.54. The molecule has 0 aliphatic carbocycles. The van der Waals surface area contributed by atoms with Gasteiger partial charge in [-0.15, -0.1) is 0 Å². The molecule has 8 heteroatoms. The van der Waals surface area contributed by atoms with Crippen LogP contribution in [0.1, 0.15) is 27.2 Å². The van der Waals surface area contributed by atoms with E-state index in [1.165, 1.54) is 19.2 Å². The number of fused-ring (bicyclic) bond motifs is 1. The van der Waals surface area contributed by atoms with E-state index in [-0.39, 0.29) is 22.9 Å². The number of carbonyl (C=O) groups is 1. The summed E-state index contributed by atoms with van der Waals surface area (Å²) in [6, 6.07) is 7.38. The van der Waals surface area contributed by atoms with Crippen molar-refractivity contribution in [3.05, 3.63) is 58.9 Å². The average molecular weight is 372 g/mol. The lowest BCUT2D eigenvalue weighted by atomic mass is 10.0. The summed E-state index contributed by atoms with van der Waals surface area (Å²) in [7, 11) is 0. The van der Waals surface area contributed by atoms with Gasteiger partial charge in [-0.3, -0.25) is 4.79 Å². The summed E-state index contributed by atoms with van der Waals surface area (Å²) in [5.74, 6) is 0.0383. The summed E-state index contributed by atoms with van der Waals surface area (Å²) in [6.07, 6.45) is -2.26. The highest BCUT2D eigenvalue weighted by Gasteiger charge is 2.32. The zero-order chi connectivity index (χ0) is 19.2. The van der Waals surface area contributed by atoms with Crippen molar-refractivity contribution in [2.75, 3.05) is 6.54 Å². The van der Waals surface area contributed by atoms with Crippen LogP contribution in [0.25, 0.3) is 22.8 Å². The normalized spacial score (nSPS) is 14.0. The molecule has 4 rings (SSSR count). The van der Waals surface area contributed by atoms with Crippen molar-refractivity contribution < 1.29 is 18.0 Å². The minimum Gasteiger partial charge on any atom is -0.356 e. The Morgan fingerprint density at radius 1 is 1.15 bits per heavy atom. The Bertz CT molecular complexity index is 1040. The monoisotopic (exact) mass is 372 g/mol. The van der Waals surface area contributed by atoms with E-state index >= 15 is 0 Å². The third kappa shape index (κ3) is 3.18. The standard InChI is InChI=1S/C19H15F3N4O/c1-10-2-3-11(8-13(10)19(20,21)22)17-23-6-5-15(26-17)16-9-12-14(25-16)4-7-24-18(12)27/h2-3,5-6,8-9,25H,4,7H2,1H3,(H,24,27). The van der Waals surface area contributed by atoms with Gasteiger partial charge in [-0.05, 0) is 30.7 Å². The Balaban J connectivity index is 1.75. The van der Waals surface area contributed by atoms with Crippen LogP contribution in [0, 0.1) is 6.92 Å². The molecule has 0 bridgehead atoms. The smallest absolute Gasteiger partial charge is 0.356 e. The van der Waals surface area contributed by atoms with Crippen LogP contribution in [-0.2, 0) is 12.6 Å². The van der Waals surface area contributed by atoms with Gasteiger partial charge >= 0.3 is 6.18 Å².